The number of hydrogen-bond acceptors (Lipinski definition) is 4. The molecule has 2 rings (SSSR count). The van der Waals surface area contributed by atoms with Gasteiger partial charge in [-0.3, -0.25) is 4.90 Å². The second-order valence-corrected chi connectivity index (χ2v) is 6.83. The Balaban J connectivity index is 1.60. The molecule has 0 bridgehead atoms. The van der Waals surface area contributed by atoms with Gasteiger partial charge in [-0.2, -0.15) is 11.3 Å². The first kappa shape index (κ1) is 15.0. The third kappa shape index (κ3) is 5.22. The fourth-order valence-electron chi connectivity index (χ4n) is 2.79. The van der Waals surface area contributed by atoms with Crippen LogP contribution in [0.25, 0.3) is 0 Å². The minimum absolute atomic E-state index is 0.00561. The summed E-state index contributed by atoms with van der Waals surface area (Å²) in [6.45, 7) is 11.9. The lowest BCUT2D eigenvalue weighted by atomic mass is 10.1. The normalized spacial score (nSPS) is 23.6. The van der Waals surface area contributed by atoms with E-state index < -0.39 is 0 Å². The van der Waals surface area contributed by atoms with Gasteiger partial charge in [-0.05, 0) is 56.1 Å². The molecule has 1 aromatic heterocycles. The van der Waals surface area contributed by atoms with E-state index in [4.69, 9.17) is 4.74 Å². The van der Waals surface area contributed by atoms with Crippen molar-refractivity contribution < 1.29 is 4.74 Å². The minimum atomic E-state index is -0.00561. The van der Waals surface area contributed by atoms with Gasteiger partial charge in [0, 0.05) is 26.2 Å². The van der Waals surface area contributed by atoms with Crippen LogP contribution in [-0.2, 0) is 11.2 Å². The highest BCUT2D eigenvalue weighted by atomic mass is 32.1. The largest absolute Gasteiger partial charge is 0.370 e. The van der Waals surface area contributed by atoms with Crippen molar-refractivity contribution in [2.45, 2.75) is 38.9 Å². The van der Waals surface area contributed by atoms with E-state index in [1.165, 1.54) is 5.56 Å². The van der Waals surface area contributed by atoms with Crippen LogP contribution in [0, 0.1) is 0 Å². The third-order valence-electron chi connectivity index (χ3n) is 3.42. The molecule has 3 nitrogen and oxygen atoms in total. The topological polar surface area (TPSA) is 24.5 Å². The van der Waals surface area contributed by atoms with E-state index in [1.807, 2.05) is 0 Å². The number of hydrogen-bond donors (Lipinski definition) is 1. The predicted octanol–water partition coefficient (Wildman–Crippen LogP) is 2.38. The molecule has 1 N–H and O–H groups in total. The Morgan fingerprint density at radius 2 is 2.32 bits per heavy atom. The van der Waals surface area contributed by atoms with Crippen LogP contribution in [0.15, 0.2) is 16.8 Å². The van der Waals surface area contributed by atoms with Crippen LogP contribution in [0.4, 0.5) is 0 Å². The number of rotatable bonds is 6. The number of nitrogens with one attached hydrogen (secondary N) is 1. The summed E-state index contributed by atoms with van der Waals surface area (Å²) in [5, 5.41) is 7.91. The first-order valence-electron chi connectivity index (χ1n) is 7.17. The average molecular weight is 282 g/mol. The molecule has 1 unspecified atom stereocenters. The van der Waals surface area contributed by atoms with Crippen LogP contribution in [0.1, 0.15) is 26.3 Å². The lowest BCUT2D eigenvalue weighted by Gasteiger charge is -2.41. The van der Waals surface area contributed by atoms with E-state index in [-0.39, 0.29) is 5.60 Å². The van der Waals surface area contributed by atoms with Crippen molar-refractivity contribution in [2.24, 2.45) is 0 Å². The quantitative estimate of drug-likeness (QED) is 0.811. The van der Waals surface area contributed by atoms with Gasteiger partial charge in [0.25, 0.3) is 0 Å². The molecule has 108 valence electrons. The molecule has 1 saturated heterocycles. The molecule has 1 aliphatic rings. The lowest BCUT2D eigenvalue weighted by Crippen LogP contribution is -2.53. The van der Waals surface area contributed by atoms with Gasteiger partial charge in [-0.25, -0.2) is 0 Å². The molecule has 1 fully saturated rings. The third-order valence-corrected chi connectivity index (χ3v) is 4.15. The monoisotopic (exact) mass is 282 g/mol. The average Bonchev–Trinajstić information content (AvgIpc) is 2.78. The van der Waals surface area contributed by atoms with Gasteiger partial charge in [0.15, 0.2) is 0 Å². The second-order valence-electron chi connectivity index (χ2n) is 6.05. The fourth-order valence-corrected chi connectivity index (χ4v) is 3.49. The molecular weight excluding hydrogens is 256 g/mol. The first-order valence-corrected chi connectivity index (χ1v) is 8.11. The Hall–Kier alpha value is -0.420. The Morgan fingerprint density at radius 3 is 3.00 bits per heavy atom. The van der Waals surface area contributed by atoms with Crippen molar-refractivity contribution in [2.75, 3.05) is 32.7 Å². The number of morpholine rings is 1. The zero-order valence-electron chi connectivity index (χ0n) is 12.3. The van der Waals surface area contributed by atoms with Gasteiger partial charge in [0.05, 0.1) is 11.7 Å². The van der Waals surface area contributed by atoms with Gasteiger partial charge in [-0.15, -0.1) is 0 Å². The van der Waals surface area contributed by atoms with Gasteiger partial charge >= 0.3 is 0 Å². The van der Waals surface area contributed by atoms with Crippen LogP contribution < -0.4 is 5.32 Å². The number of ether oxygens (including phenoxy) is 1. The van der Waals surface area contributed by atoms with Crippen LogP contribution in [0.5, 0.6) is 0 Å². The van der Waals surface area contributed by atoms with Crippen LogP contribution in [-0.4, -0.2) is 49.3 Å². The molecule has 0 aromatic carbocycles. The Morgan fingerprint density at radius 1 is 1.47 bits per heavy atom. The van der Waals surface area contributed by atoms with Crippen LogP contribution >= 0.6 is 11.3 Å². The molecule has 0 radical (unpaired) electrons. The van der Waals surface area contributed by atoms with E-state index in [1.54, 1.807) is 11.3 Å². The van der Waals surface area contributed by atoms with E-state index in [0.717, 1.165) is 39.1 Å². The molecule has 1 atom stereocenters. The molecule has 19 heavy (non-hydrogen) atoms. The van der Waals surface area contributed by atoms with Crippen LogP contribution in [0.3, 0.4) is 0 Å². The minimum Gasteiger partial charge on any atom is -0.370 e. The van der Waals surface area contributed by atoms with Crippen molar-refractivity contribution in [3.63, 3.8) is 0 Å². The van der Waals surface area contributed by atoms with Gasteiger partial charge < -0.3 is 10.1 Å². The van der Waals surface area contributed by atoms with E-state index in [2.05, 4.69) is 47.8 Å². The molecule has 4 heteroatoms. The maximum atomic E-state index is 5.92. The van der Waals surface area contributed by atoms with E-state index in [0.29, 0.717) is 6.10 Å². The molecule has 0 aliphatic carbocycles. The molecule has 0 spiro atoms. The Labute approximate surface area is 121 Å². The molecule has 0 saturated carbocycles. The Bertz CT molecular complexity index is 364. The summed E-state index contributed by atoms with van der Waals surface area (Å²) in [5.41, 5.74) is 1.44. The van der Waals surface area contributed by atoms with E-state index in [9.17, 15) is 0 Å². The van der Waals surface area contributed by atoms with Crippen molar-refractivity contribution in [3.05, 3.63) is 22.4 Å². The highest BCUT2D eigenvalue weighted by Gasteiger charge is 2.30. The summed E-state index contributed by atoms with van der Waals surface area (Å²) in [4.78, 5) is 2.51. The predicted molar refractivity (Wildman–Crippen MR) is 82.0 cm³/mol. The van der Waals surface area contributed by atoms with E-state index >= 15 is 0 Å². The van der Waals surface area contributed by atoms with Gasteiger partial charge in [0.2, 0.25) is 0 Å². The van der Waals surface area contributed by atoms with Crippen molar-refractivity contribution in [3.8, 4) is 0 Å². The fraction of sp³-hybridized carbons (Fsp3) is 0.733. The zero-order valence-corrected chi connectivity index (χ0v) is 13.1. The summed E-state index contributed by atoms with van der Waals surface area (Å²) in [6, 6.07) is 2.21. The Kier molecular flexibility index (Phi) is 5.39. The molecular formula is C15H26N2OS. The highest BCUT2D eigenvalue weighted by molar-refractivity contribution is 7.07. The molecule has 1 aliphatic heterocycles. The summed E-state index contributed by atoms with van der Waals surface area (Å²) in [6.07, 6.45) is 1.48. The lowest BCUT2D eigenvalue weighted by molar-refractivity contribution is -0.128. The highest BCUT2D eigenvalue weighted by Crippen LogP contribution is 2.20. The van der Waals surface area contributed by atoms with Gasteiger partial charge in [-0.1, -0.05) is 0 Å². The standard InChI is InChI=1S/C15H26N2OS/c1-13-10-17(12-15(2,3)18-13)8-7-16-6-4-14-5-9-19-11-14/h5,9,11,13,16H,4,6-8,10,12H2,1-3H3. The summed E-state index contributed by atoms with van der Waals surface area (Å²) in [7, 11) is 0. The van der Waals surface area contributed by atoms with Crippen molar-refractivity contribution >= 4 is 11.3 Å². The van der Waals surface area contributed by atoms with Gasteiger partial charge in [0.1, 0.15) is 0 Å². The zero-order chi connectivity index (χ0) is 13.7. The smallest absolute Gasteiger partial charge is 0.0757 e. The molecule has 2 heterocycles. The SMILES string of the molecule is CC1CN(CCNCCc2ccsc2)CC(C)(C)O1. The second kappa shape index (κ2) is 6.84. The number of nitrogens with zero attached hydrogens (tertiary/aromatic N) is 1. The molecule has 1 aromatic rings. The summed E-state index contributed by atoms with van der Waals surface area (Å²) >= 11 is 1.78. The maximum absolute atomic E-state index is 5.92. The van der Waals surface area contributed by atoms with Crippen molar-refractivity contribution in [1.82, 2.24) is 10.2 Å². The van der Waals surface area contributed by atoms with Crippen LogP contribution in [0.2, 0.25) is 0 Å². The van der Waals surface area contributed by atoms with Crippen molar-refractivity contribution in [1.29, 1.82) is 0 Å². The summed E-state index contributed by atoms with van der Waals surface area (Å²) < 4.78 is 5.92. The maximum Gasteiger partial charge on any atom is 0.0757 e. The molecule has 0 amide bonds. The summed E-state index contributed by atoms with van der Waals surface area (Å²) in [5.74, 6) is 0. The first-order chi connectivity index (χ1) is 9.05. The number of thiophene rings is 1.